The zero-order valence-electron chi connectivity index (χ0n) is 12.2. The van der Waals surface area contributed by atoms with Crippen molar-refractivity contribution in [2.75, 3.05) is 45.4 Å². The van der Waals surface area contributed by atoms with E-state index in [0.717, 1.165) is 6.07 Å². The molecule has 1 aromatic carbocycles. The van der Waals surface area contributed by atoms with Crippen LogP contribution in [0.3, 0.4) is 0 Å². The van der Waals surface area contributed by atoms with Gasteiger partial charge in [-0.05, 0) is 17.7 Å². The van der Waals surface area contributed by atoms with Gasteiger partial charge in [-0.25, -0.2) is 0 Å². The second kappa shape index (κ2) is 8.21. The maximum absolute atomic E-state index is 13.1. The van der Waals surface area contributed by atoms with E-state index < -0.39 is 11.7 Å². The molecule has 2 N–H and O–H groups in total. The Kier molecular flexibility index (Phi) is 6.94. The number of anilines is 1. The topological polar surface area (TPSA) is 47.7 Å². The van der Waals surface area contributed by atoms with Gasteiger partial charge >= 0.3 is 6.18 Å². The Labute approximate surface area is 122 Å². The third-order valence-corrected chi connectivity index (χ3v) is 3.11. The Morgan fingerprint density at radius 2 is 1.67 bits per heavy atom. The van der Waals surface area contributed by atoms with Crippen LogP contribution in [0.15, 0.2) is 18.2 Å². The summed E-state index contributed by atoms with van der Waals surface area (Å²) in [7, 11) is 3.10. The van der Waals surface area contributed by atoms with Crippen LogP contribution < -0.4 is 10.6 Å². The molecule has 0 bridgehead atoms. The van der Waals surface area contributed by atoms with Crippen molar-refractivity contribution in [3.63, 3.8) is 0 Å². The summed E-state index contributed by atoms with van der Waals surface area (Å²) in [5.41, 5.74) is 5.26. The van der Waals surface area contributed by atoms with Crippen molar-refractivity contribution in [3.8, 4) is 0 Å². The van der Waals surface area contributed by atoms with Crippen LogP contribution in [0.4, 0.5) is 18.9 Å². The Morgan fingerprint density at radius 1 is 1.10 bits per heavy atom. The number of nitrogens with two attached hydrogens (primary N) is 1. The number of ether oxygens (including phenoxy) is 2. The summed E-state index contributed by atoms with van der Waals surface area (Å²) in [6.07, 6.45) is -4.42. The number of alkyl halides is 3. The molecule has 1 rings (SSSR count). The van der Waals surface area contributed by atoms with E-state index in [9.17, 15) is 13.2 Å². The molecular weight excluding hydrogens is 285 g/mol. The van der Waals surface area contributed by atoms with Gasteiger partial charge in [0.15, 0.2) is 0 Å². The minimum absolute atomic E-state index is 0.0877. The lowest BCUT2D eigenvalue weighted by Gasteiger charge is -2.25. The lowest BCUT2D eigenvalue weighted by atomic mass is 10.1. The van der Waals surface area contributed by atoms with Gasteiger partial charge in [0.05, 0.1) is 18.8 Å². The summed E-state index contributed by atoms with van der Waals surface area (Å²) in [6.45, 7) is 1.66. The molecule has 0 aliphatic carbocycles. The number of methoxy groups -OCH3 is 2. The van der Waals surface area contributed by atoms with Gasteiger partial charge in [-0.1, -0.05) is 6.07 Å². The zero-order chi connectivity index (χ0) is 15.9. The quantitative estimate of drug-likeness (QED) is 0.800. The van der Waals surface area contributed by atoms with Crippen molar-refractivity contribution in [3.05, 3.63) is 29.3 Å². The highest BCUT2D eigenvalue weighted by Crippen LogP contribution is 2.34. The molecule has 0 heterocycles. The molecule has 0 aliphatic heterocycles. The first-order valence-corrected chi connectivity index (χ1v) is 6.57. The number of benzene rings is 1. The fourth-order valence-electron chi connectivity index (χ4n) is 1.98. The lowest BCUT2D eigenvalue weighted by Crippen LogP contribution is -2.31. The average Bonchev–Trinajstić information content (AvgIpc) is 2.46. The second-order valence-corrected chi connectivity index (χ2v) is 4.52. The first kappa shape index (κ1) is 17.7. The van der Waals surface area contributed by atoms with Crippen LogP contribution in [0.1, 0.15) is 11.1 Å². The number of rotatable bonds is 8. The van der Waals surface area contributed by atoms with Crippen LogP contribution in [0.5, 0.6) is 0 Å². The van der Waals surface area contributed by atoms with Gasteiger partial charge in [0, 0.05) is 39.5 Å². The second-order valence-electron chi connectivity index (χ2n) is 4.52. The van der Waals surface area contributed by atoms with Gasteiger partial charge in [0.25, 0.3) is 0 Å². The normalized spacial score (nSPS) is 11.7. The summed E-state index contributed by atoms with van der Waals surface area (Å²) >= 11 is 0. The molecular formula is C14H21F3N2O2. The van der Waals surface area contributed by atoms with E-state index in [1.165, 1.54) is 6.07 Å². The molecule has 0 fully saturated rings. The highest BCUT2D eigenvalue weighted by atomic mass is 19.4. The van der Waals surface area contributed by atoms with E-state index in [2.05, 4.69) is 0 Å². The van der Waals surface area contributed by atoms with Crippen molar-refractivity contribution in [2.24, 2.45) is 5.73 Å². The van der Waals surface area contributed by atoms with Crippen LogP contribution in [-0.4, -0.2) is 40.5 Å². The van der Waals surface area contributed by atoms with Gasteiger partial charge in [0.1, 0.15) is 0 Å². The fourth-order valence-corrected chi connectivity index (χ4v) is 1.98. The first-order chi connectivity index (χ1) is 9.93. The van der Waals surface area contributed by atoms with Gasteiger partial charge in [0.2, 0.25) is 0 Å². The number of nitrogens with zero attached hydrogens (tertiary/aromatic N) is 1. The molecule has 0 aromatic heterocycles. The van der Waals surface area contributed by atoms with Crippen LogP contribution in [-0.2, 0) is 22.2 Å². The van der Waals surface area contributed by atoms with E-state index in [1.54, 1.807) is 25.2 Å². The predicted octanol–water partition coefficient (Wildman–Crippen LogP) is 2.26. The van der Waals surface area contributed by atoms with Crippen LogP contribution in [0.25, 0.3) is 0 Å². The molecule has 0 atom stereocenters. The van der Waals surface area contributed by atoms with Gasteiger partial charge in [-0.15, -0.1) is 0 Å². The maximum Gasteiger partial charge on any atom is 0.416 e. The highest BCUT2D eigenvalue weighted by molar-refractivity contribution is 5.52. The number of hydrogen-bond donors (Lipinski definition) is 1. The monoisotopic (exact) mass is 306 g/mol. The Balaban J connectivity index is 3.07. The van der Waals surface area contributed by atoms with E-state index in [0.29, 0.717) is 32.0 Å². The van der Waals surface area contributed by atoms with Crippen molar-refractivity contribution in [1.82, 2.24) is 0 Å². The largest absolute Gasteiger partial charge is 0.416 e. The molecule has 0 radical (unpaired) electrons. The Hall–Kier alpha value is -1.31. The van der Waals surface area contributed by atoms with Gasteiger partial charge in [-0.3, -0.25) is 0 Å². The van der Waals surface area contributed by atoms with E-state index in [4.69, 9.17) is 15.2 Å². The van der Waals surface area contributed by atoms with Crippen molar-refractivity contribution in [1.29, 1.82) is 0 Å². The van der Waals surface area contributed by atoms with E-state index in [1.807, 2.05) is 0 Å². The van der Waals surface area contributed by atoms with Crippen molar-refractivity contribution in [2.45, 2.75) is 12.7 Å². The Bertz CT molecular complexity index is 431. The van der Waals surface area contributed by atoms with Crippen LogP contribution in [0.2, 0.25) is 0 Å². The molecule has 0 amide bonds. The third-order valence-electron chi connectivity index (χ3n) is 3.11. The number of hydrogen-bond acceptors (Lipinski definition) is 4. The summed E-state index contributed by atoms with van der Waals surface area (Å²) in [5.74, 6) is 0. The fraction of sp³-hybridized carbons (Fsp3) is 0.571. The molecule has 7 heteroatoms. The minimum Gasteiger partial charge on any atom is -0.383 e. The van der Waals surface area contributed by atoms with E-state index >= 15 is 0 Å². The molecule has 0 aliphatic rings. The summed E-state index contributed by atoms with van der Waals surface area (Å²) < 4.78 is 49.2. The van der Waals surface area contributed by atoms with Gasteiger partial charge in [-0.2, -0.15) is 13.2 Å². The van der Waals surface area contributed by atoms with Crippen LogP contribution >= 0.6 is 0 Å². The lowest BCUT2D eigenvalue weighted by molar-refractivity contribution is -0.138. The summed E-state index contributed by atoms with van der Waals surface area (Å²) in [4.78, 5) is 1.79. The third kappa shape index (κ3) is 5.18. The molecule has 4 nitrogen and oxygen atoms in total. The molecule has 120 valence electrons. The van der Waals surface area contributed by atoms with E-state index in [-0.39, 0.29) is 12.1 Å². The standard InChI is InChI=1S/C14H21F3N2O2/c1-20-7-5-19(6-8-21-2)12-4-3-11(10-18)13(9-12)14(15,16)17/h3-4,9H,5-8,10,18H2,1-2H3. The Morgan fingerprint density at radius 3 is 2.10 bits per heavy atom. The smallest absolute Gasteiger partial charge is 0.383 e. The van der Waals surface area contributed by atoms with Crippen LogP contribution in [0, 0.1) is 0 Å². The molecule has 21 heavy (non-hydrogen) atoms. The first-order valence-electron chi connectivity index (χ1n) is 6.57. The summed E-state index contributed by atoms with van der Waals surface area (Å²) in [5, 5.41) is 0. The van der Waals surface area contributed by atoms with Gasteiger partial charge < -0.3 is 20.1 Å². The molecule has 1 aromatic rings. The average molecular weight is 306 g/mol. The molecule has 0 spiro atoms. The molecule has 0 saturated heterocycles. The highest BCUT2D eigenvalue weighted by Gasteiger charge is 2.33. The minimum atomic E-state index is -4.42. The molecule has 0 saturated carbocycles. The van der Waals surface area contributed by atoms with Crippen molar-refractivity contribution >= 4 is 5.69 Å². The number of halogens is 3. The van der Waals surface area contributed by atoms with Crippen molar-refractivity contribution < 1.29 is 22.6 Å². The SMILES string of the molecule is COCCN(CCOC)c1ccc(CN)c(C(F)(F)F)c1. The zero-order valence-corrected chi connectivity index (χ0v) is 12.2. The maximum atomic E-state index is 13.1. The summed E-state index contributed by atoms with van der Waals surface area (Å²) in [6, 6.07) is 4.20. The molecule has 0 unspecified atom stereocenters. The predicted molar refractivity (Wildman–Crippen MR) is 75.3 cm³/mol.